The number of hydrogen-bond acceptors (Lipinski definition) is 3. The summed E-state index contributed by atoms with van der Waals surface area (Å²) < 4.78 is 0. The van der Waals surface area contributed by atoms with Gasteiger partial charge in [-0.1, -0.05) is 24.3 Å². The SMILES string of the molecule is O=C(O)c1cccc(-c2ccc(S)cc2)c1C(=O)O. The van der Waals surface area contributed by atoms with Crippen molar-refractivity contribution in [3.63, 3.8) is 0 Å². The molecule has 0 saturated carbocycles. The monoisotopic (exact) mass is 274 g/mol. The van der Waals surface area contributed by atoms with E-state index in [9.17, 15) is 14.7 Å². The van der Waals surface area contributed by atoms with Gasteiger partial charge in [-0.05, 0) is 29.3 Å². The molecular formula is C14H10O4S. The van der Waals surface area contributed by atoms with Crippen molar-refractivity contribution in [2.75, 3.05) is 0 Å². The van der Waals surface area contributed by atoms with E-state index in [1.165, 1.54) is 12.1 Å². The molecule has 0 unspecified atom stereocenters. The molecule has 0 radical (unpaired) electrons. The predicted molar refractivity (Wildman–Crippen MR) is 73.0 cm³/mol. The zero-order chi connectivity index (χ0) is 14.0. The molecular weight excluding hydrogens is 264 g/mol. The van der Waals surface area contributed by atoms with Gasteiger partial charge >= 0.3 is 11.9 Å². The van der Waals surface area contributed by atoms with Gasteiger partial charge in [0.05, 0.1) is 11.1 Å². The van der Waals surface area contributed by atoms with Gasteiger partial charge in [0, 0.05) is 4.90 Å². The van der Waals surface area contributed by atoms with Crippen molar-refractivity contribution in [2.45, 2.75) is 4.90 Å². The number of carboxylic acid groups (broad SMARTS) is 2. The van der Waals surface area contributed by atoms with Gasteiger partial charge in [-0.25, -0.2) is 9.59 Å². The van der Waals surface area contributed by atoms with E-state index in [1.54, 1.807) is 30.3 Å². The van der Waals surface area contributed by atoms with Crippen LogP contribution in [-0.4, -0.2) is 22.2 Å². The first-order chi connectivity index (χ1) is 9.00. The minimum Gasteiger partial charge on any atom is -0.478 e. The first-order valence-corrected chi connectivity index (χ1v) is 5.84. The Labute approximate surface area is 114 Å². The minimum absolute atomic E-state index is 0.207. The van der Waals surface area contributed by atoms with E-state index in [2.05, 4.69) is 12.6 Å². The third kappa shape index (κ3) is 2.61. The number of hydrogen-bond donors (Lipinski definition) is 3. The number of thiol groups is 1. The van der Waals surface area contributed by atoms with Crippen LogP contribution in [0.15, 0.2) is 47.4 Å². The first kappa shape index (κ1) is 13.2. The summed E-state index contributed by atoms with van der Waals surface area (Å²) in [6.45, 7) is 0. The van der Waals surface area contributed by atoms with E-state index in [0.717, 1.165) is 4.90 Å². The Kier molecular flexibility index (Phi) is 3.57. The summed E-state index contributed by atoms with van der Waals surface area (Å²) in [5, 5.41) is 18.3. The molecule has 0 bridgehead atoms. The molecule has 2 aromatic carbocycles. The Balaban J connectivity index is 2.69. The van der Waals surface area contributed by atoms with Crippen molar-refractivity contribution >= 4 is 24.6 Å². The lowest BCUT2D eigenvalue weighted by molar-refractivity contribution is 0.0652. The van der Waals surface area contributed by atoms with Gasteiger partial charge in [-0.15, -0.1) is 12.6 Å². The molecule has 19 heavy (non-hydrogen) atoms. The second-order valence-electron chi connectivity index (χ2n) is 3.89. The summed E-state index contributed by atoms with van der Waals surface area (Å²) in [5.74, 6) is -2.52. The Hall–Kier alpha value is -2.27. The average Bonchev–Trinajstić information content (AvgIpc) is 2.38. The maximum absolute atomic E-state index is 11.3. The topological polar surface area (TPSA) is 74.6 Å². The van der Waals surface area contributed by atoms with Crippen molar-refractivity contribution in [1.82, 2.24) is 0 Å². The zero-order valence-electron chi connectivity index (χ0n) is 9.70. The van der Waals surface area contributed by atoms with Gasteiger partial charge in [0.1, 0.15) is 0 Å². The molecule has 0 aromatic heterocycles. The molecule has 4 nitrogen and oxygen atoms in total. The zero-order valence-corrected chi connectivity index (χ0v) is 10.6. The lowest BCUT2D eigenvalue weighted by Crippen LogP contribution is -2.09. The standard InChI is InChI=1S/C14H10O4S/c15-13(16)11-3-1-2-10(12(11)14(17)18)8-4-6-9(19)7-5-8/h1-7,19H,(H,15,16)(H,17,18). The molecule has 0 aliphatic rings. The smallest absolute Gasteiger partial charge is 0.337 e. The van der Waals surface area contributed by atoms with Crippen LogP contribution in [0.4, 0.5) is 0 Å². The van der Waals surface area contributed by atoms with Gasteiger partial charge in [-0.3, -0.25) is 0 Å². The van der Waals surface area contributed by atoms with Crippen LogP contribution in [0.3, 0.4) is 0 Å². The van der Waals surface area contributed by atoms with Crippen molar-refractivity contribution in [2.24, 2.45) is 0 Å². The Bertz CT molecular complexity index is 647. The quantitative estimate of drug-likeness (QED) is 0.752. The van der Waals surface area contributed by atoms with E-state index in [4.69, 9.17) is 5.11 Å². The number of aromatic carboxylic acids is 2. The summed E-state index contributed by atoms with van der Waals surface area (Å²) in [6, 6.07) is 11.2. The number of benzene rings is 2. The highest BCUT2D eigenvalue weighted by Gasteiger charge is 2.20. The number of carboxylic acids is 2. The second-order valence-corrected chi connectivity index (χ2v) is 4.40. The summed E-state index contributed by atoms with van der Waals surface area (Å²) in [7, 11) is 0. The fraction of sp³-hybridized carbons (Fsp3) is 0. The fourth-order valence-electron chi connectivity index (χ4n) is 1.84. The predicted octanol–water partition coefficient (Wildman–Crippen LogP) is 3.04. The minimum atomic E-state index is -1.26. The summed E-state index contributed by atoms with van der Waals surface area (Å²) in [5.41, 5.74) is 0.584. The molecule has 2 rings (SSSR count). The van der Waals surface area contributed by atoms with Crippen LogP contribution in [0.2, 0.25) is 0 Å². The normalized spacial score (nSPS) is 10.2. The maximum atomic E-state index is 11.3. The third-order valence-electron chi connectivity index (χ3n) is 2.69. The van der Waals surface area contributed by atoms with E-state index >= 15 is 0 Å². The van der Waals surface area contributed by atoms with Crippen LogP contribution in [0, 0.1) is 0 Å². The van der Waals surface area contributed by atoms with E-state index in [-0.39, 0.29) is 11.1 Å². The van der Waals surface area contributed by atoms with Crippen molar-refractivity contribution in [3.8, 4) is 11.1 Å². The van der Waals surface area contributed by atoms with Gasteiger partial charge in [-0.2, -0.15) is 0 Å². The largest absolute Gasteiger partial charge is 0.478 e. The highest BCUT2D eigenvalue weighted by molar-refractivity contribution is 7.80. The highest BCUT2D eigenvalue weighted by Crippen LogP contribution is 2.27. The molecule has 0 saturated heterocycles. The van der Waals surface area contributed by atoms with Crippen LogP contribution < -0.4 is 0 Å². The molecule has 2 aromatic rings. The molecule has 0 aliphatic heterocycles. The van der Waals surface area contributed by atoms with Gasteiger partial charge in [0.15, 0.2) is 0 Å². The second kappa shape index (κ2) is 5.16. The van der Waals surface area contributed by atoms with Crippen LogP contribution in [0.25, 0.3) is 11.1 Å². The summed E-state index contributed by atoms with van der Waals surface area (Å²) >= 11 is 4.15. The molecule has 0 aliphatic carbocycles. The van der Waals surface area contributed by atoms with E-state index in [0.29, 0.717) is 11.1 Å². The lowest BCUT2D eigenvalue weighted by Gasteiger charge is -2.09. The molecule has 2 N–H and O–H groups in total. The molecule has 0 spiro atoms. The van der Waals surface area contributed by atoms with Gasteiger partial charge in [0.25, 0.3) is 0 Å². The highest BCUT2D eigenvalue weighted by atomic mass is 32.1. The van der Waals surface area contributed by atoms with Crippen molar-refractivity contribution < 1.29 is 19.8 Å². The van der Waals surface area contributed by atoms with Gasteiger partial charge < -0.3 is 10.2 Å². The molecule has 0 fully saturated rings. The number of rotatable bonds is 3. The van der Waals surface area contributed by atoms with Crippen LogP contribution in [-0.2, 0) is 0 Å². The molecule has 5 heteroatoms. The van der Waals surface area contributed by atoms with E-state index < -0.39 is 11.9 Å². The van der Waals surface area contributed by atoms with Crippen LogP contribution in [0.5, 0.6) is 0 Å². The van der Waals surface area contributed by atoms with Crippen molar-refractivity contribution in [3.05, 3.63) is 53.6 Å². The Morgan fingerprint density at radius 3 is 2.05 bits per heavy atom. The first-order valence-electron chi connectivity index (χ1n) is 5.39. The lowest BCUT2D eigenvalue weighted by atomic mass is 9.95. The molecule has 96 valence electrons. The molecule has 0 heterocycles. The number of carbonyl (C=O) groups is 2. The van der Waals surface area contributed by atoms with E-state index in [1.807, 2.05) is 0 Å². The van der Waals surface area contributed by atoms with Crippen LogP contribution >= 0.6 is 12.6 Å². The van der Waals surface area contributed by atoms with Crippen LogP contribution in [0.1, 0.15) is 20.7 Å². The van der Waals surface area contributed by atoms with Crippen molar-refractivity contribution in [1.29, 1.82) is 0 Å². The third-order valence-corrected chi connectivity index (χ3v) is 2.99. The Morgan fingerprint density at radius 1 is 0.895 bits per heavy atom. The summed E-state index contributed by atoms with van der Waals surface area (Å²) in [4.78, 5) is 23.1. The van der Waals surface area contributed by atoms with Gasteiger partial charge in [0.2, 0.25) is 0 Å². The molecule has 0 amide bonds. The maximum Gasteiger partial charge on any atom is 0.337 e. The fourth-order valence-corrected chi connectivity index (χ4v) is 1.99. The molecule has 0 atom stereocenters. The summed E-state index contributed by atoms with van der Waals surface area (Å²) in [6.07, 6.45) is 0. The Morgan fingerprint density at radius 2 is 1.53 bits per heavy atom. The average molecular weight is 274 g/mol.